The SMILES string of the molecule is C=C(F)C(=O)NC(CC)c1cn[nH]n1. The third-order valence-corrected chi connectivity index (χ3v) is 1.75. The van der Waals surface area contributed by atoms with Crippen molar-refractivity contribution in [3.8, 4) is 0 Å². The molecule has 0 aliphatic carbocycles. The van der Waals surface area contributed by atoms with Crippen molar-refractivity contribution in [1.29, 1.82) is 0 Å². The van der Waals surface area contributed by atoms with Crippen LogP contribution in [0.3, 0.4) is 0 Å². The number of rotatable bonds is 4. The van der Waals surface area contributed by atoms with Crippen LogP contribution in [0.15, 0.2) is 18.6 Å². The minimum absolute atomic E-state index is 0.339. The third kappa shape index (κ3) is 2.38. The molecule has 0 aliphatic heterocycles. The zero-order valence-electron chi connectivity index (χ0n) is 7.75. The number of hydrogen-bond acceptors (Lipinski definition) is 3. The minimum atomic E-state index is -1.01. The molecular formula is C8H11FN4O. The molecule has 5 nitrogen and oxygen atoms in total. The topological polar surface area (TPSA) is 70.7 Å². The average Bonchev–Trinajstić information content (AvgIpc) is 2.66. The summed E-state index contributed by atoms with van der Waals surface area (Å²) in [4.78, 5) is 11.0. The number of nitrogens with zero attached hydrogens (tertiary/aromatic N) is 2. The second-order valence-corrected chi connectivity index (χ2v) is 2.73. The van der Waals surface area contributed by atoms with Gasteiger partial charge in [-0.05, 0) is 6.42 Å². The fraction of sp³-hybridized carbons (Fsp3) is 0.375. The van der Waals surface area contributed by atoms with E-state index in [0.717, 1.165) is 0 Å². The molecule has 0 spiro atoms. The highest BCUT2D eigenvalue weighted by molar-refractivity contribution is 5.90. The number of hydrogen-bond donors (Lipinski definition) is 2. The molecule has 1 aromatic heterocycles. The normalized spacial score (nSPS) is 12.1. The molecule has 6 heteroatoms. The third-order valence-electron chi connectivity index (χ3n) is 1.75. The number of amides is 1. The van der Waals surface area contributed by atoms with Gasteiger partial charge in [0.1, 0.15) is 5.69 Å². The Labute approximate surface area is 80.4 Å². The van der Waals surface area contributed by atoms with E-state index in [2.05, 4.69) is 27.3 Å². The number of H-pyrrole nitrogens is 1. The van der Waals surface area contributed by atoms with Crippen molar-refractivity contribution in [3.05, 3.63) is 24.3 Å². The Kier molecular flexibility index (Phi) is 3.33. The van der Waals surface area contributed by atoms with Crippen molar-refractivity contribution in [3.63, 3.8) is 0 Å². The molecule has 0 aliphatic rings. The van der Waals surface area contributed by atoms with Crippen molar-refractivity contribution >= 4 is 5.91 Å². The van der Waals surface area contributed by atoms with Gasteiger partial charge in [0.25, 0.3) is 5.91 Å². The maximum atomic E-state index is 12.4. The van der Waals surface area contributed by atoms with Gasteiger partial charge in [0.15, 0.2) is 5.83 Å². The quantitative estimate of drug-likeness (QED) is 0.705. The predicted octanol–water partition coefficient (Wildman–Crippen LogP) is 0.855. The summed E-state index contributed by atoms with van der Waals surface area (Å²) >= 11 is 0. The maximum Gasteiger partial charge on any atom is 0.279 e. The van der Waals surface area contributed by atoms with E-state index in [9.17, 15) is 9.18 Å². The van der Waals surface area contributed by atoms with E-state index in [1.165, 1.54) is 6.20 Å². The summed E-state index contributed by atoms with van der Waals surface area (Å²) in [5, 5.41) is 12.2. The lowest BCUT2D eigenvalue weighted by atomic mass is 10.1. The van der Waals surface area contributed by atoms with Gasteiger partial charge < -0.3 is 5.32 Å². The summed E-state index contributed by atoms with van der Waals surface area (Å²) in [6.07, 6.45) is 2.08. The van der Waals surface area contributed by atoms with Crippen LogP contribution in [-0.4, -0.2) is 21.3 Å². The molecule has 0 radical (unpaired) electrons. The van der Waals surface area contributed by atoms with E-state index in [1.807, 2.05) is 6.92 Å². The molecule has 0 fully saturated rings. The monoisotopic (exact) mass is 198 g/mol. The van der Waals surface area contributed by atoms with Gasteiger partial charge in [-0.15, -0.1) is 0 Å². The van der Waals surface area contributed by atoms with Crippen molar-refractivity contribution in [2.75, 3.05) is 0 Å². The van der Waals surface area contributed by atoms with Crippen molar-refractivity contribution < 1.29 is 9.18 Å². The van der Waals surface area contributed by atoms with Crippen LogP contribution in [0.2, 0.25) is 0 Å². The fourth-order valence-electron chi connectivity index (χ4n) is 1.00. The lowest BCUT2D eigenvalue weighted by Gasteiger charge is -2.12. The highest BCUT2D eigenvalue weighted by atomic mass is 19.1. The molecule has 1 rings (SSSR count). The number of halogens is 1. The highest BCUT2D eigenvalue weighted by Crippen LogP contribution is 2.12. The van der Waals surface area contributed by atoms with Gasteiger partial charge in [-0.25, -0.2) is 4.39 Å². The highest BCUT2D eigenvalue weighted by Gasteiger charge is 2.16. The van der Waals surface area contributed by atoms with E-state index in [4.69, 9.17) is 0 Å². The van der Waals surface area contributed by atoms with Crippen molar-refractivity contribution in [2.24, 2.45) is 0 Å². The Morgan fingerprint density at radius 1 is 1.86 bits per heavy atom. The van der Waals surface area contributed by atoms with Gasteiger partial charge in [0, 0.05) is 0 Å². The summed E-state index contributed by atoms with van der Waals surface area (Å²) in [7, 11) is 0. The Balaban J connectivity index is 2.65. The molecule has 2 N–H and O–H groups in total. The zero-order chi connectivity index (χ0) is 10.6. The number of nitrogens with one attached hydrogen (secondary N) is 2. The van der Waals surface area contributed by atoms with Crippen LogP contribution >= 0.6 is 0 Å². The van der Waals surface area contributed by atoms with Crippen molar-refractivity contribution in [2.45, 2.75) is 19.4 Å². The van der Waals surface area contributed by atoms with Gasteiger partial charge in [-0.2, -0.15) is 15.4 Å². The van der Waals surface area contributed by atoms with Gasteiger partial charge in [0.2, 0.25) is 0 Å². The molecule has 0 aromatic carbocycles. The zero-order valence-corrected chi connectivity index (χ0v) is 7.75. The standard InChI is InChI=1S/C8H11FN4O/c1-3-6(7-4-10-13-12-7)11-8(14)5(2)9/h4,6H,2-3H2,1H3,(H,11,14)(H,10,12,13). The number of aromatic amines is 1. The lowest BCUT2D eigenvalue weighted by molar-refractivity contribution is -0.119. The Bertz CT molecular complexity index is 322. The molecule has 0 saturated heterocycles. The molecule has 76 valence electrons. The summed E-state index contributed by atoms with van der Waals surface area (Å²) in [6.45, 7) is 4.75. The van der Waals surface area contributed by atoms with Crippen LogP contribution in [-0.2, 0) is 4.79 Å². The molecule has 1 unspecified atom stereocenters. The first-order valence-corrected chi connectivity index (χ1v) is 4.16. The second-order valence-electron chi connectivity index (χ2n) is 2.73. The number of carbonyl (C=O) groups excluding carboxylic acids is 1. The minimum Gasteiger partial charge on any atom is -0.342 e. The molecule has 1 atom stereocenters. The lowest BCUT2D eigenvalue weighted by Crippen LogP contribution is -2.28. The predicted molar refractivity (Wildman–Crippen MR) is 47.8 cm³/mol. The van der Waals surface area contributed by atoms with E-state index >= 15 is 0 Å². The summed E-state index contributed by atoms with van der Waals surface area (Å²) in [6, 6.07) is -0.339. The van der Waals surface area contributed by atoms with Crippen LogP contribution in [0, 0.1) is 0 Å². The van der Waals surface area contributed by atoms with Crippen LogP contribution in [0.25, 0.3) is 0 Å². The van der Waals surface area contributed by atoms with E-state index in [0.29, 0.717) is 12.1 Å². The fourth-order valence-corrected chi connectivity index (χ4v) is 1.00. The summed E-state index contributed by atoms with van der Waals surface area (Å²) < 4.78 is 12.4. The van der Waals surface area contributed by atoms with Crippen LogP contribution in [0.1, 0.15) is 25.1 Å². The molecule has 0 bridgehead atoms. The first-order chi connectivity index (χ1) is 6.65. The summed E-state index contributed by atoms with van der Waals surface area (Å²) in [5.41, 5.74) is 0.571. The molecule has 1 heterocycles. The first kappa shape index (κ1) is 10.4. The van der Waals surface area contributed by atoms with E-state index < -0.39 is 11.7 Å². The van der Waals surface area contributed by atoms with Gasteiger partial charge in [-0.1, -0.05) is 13.5 Å². The maximum absolute atomic E-state index is 12.4. The summed E-state index contributed by atoms with van der Waals surface area (Å²) in [5.74, 6) is -1.83. The Hall–Kier alpha value is -1.72. The molecular weight excluding hydrogens is 187 g/mol. The Morgan fingerprint density at radius 3 is 3.00 bits per heavy atom. The van der Waals surface area contributed by atoms with E-state index in [-0.39, 0.29) is 6.04 Å². The average molecular weight is 198 g/mol. The first-order valence-electron chi connectivity index (χ1n) is 4.16. The van der Waals surface area contributed by atoms with Crippen LogP contribution in [0.4, 0.5) is 4.39 Å². The van der Waals surface area contributed by atoms with Crippen LogP contribution in [0.5, 0.6) is 0 Å². The number of aromatic nitrogens is 3. The largest absolute Gasteiger partial charge is 0.342 e. The van der Waals surface area contributed by atoms with Gasteiger partial charge in [-0.3, -0.25) is 4.79 Å². The number of carbonyl (C=O) groups is 1. The van der Waals surface area contributed by atoms with Gasteiger partial charge in [0.05, 0.1) is 12.2 Å². The second kappa shape index (κ2) is 4.50. The molecule has 1 aromatic rings. The van der Waals surface area contributed by atoms with Gasteiger partial charge >= 0.3 is 0 Å². The smallest absolute Gasteiger partial charge is 0.279 e. The molecule has 0 saturated carbocycles. The molecule has 14 heavy (non-hydrogen) atoms. The Morgan fingerprint density at radius 2 is 2.57 bits per heavy atom. The van der Waals surface area contributed by atoms with Crippen molar-refractivity contribution in [1.82, 2.24) is 20.7 Å². The van der Waals surface area contributed by atoms with Crippen LogP contribution < -0.4 is 5.32 Å². The molecule has 1 amide bonds. The van der Waals surface area contributed by atoms with E-state index in [1.54, 1.807) is 0 Å².